The van der Waals surface area contributed by atoms with Gasteiger partial charge in [-0.25, -0.2) is 14.3 Å². The van der Waals surface area contributed by atoms with Crippen molar-refractivity contribution in [1.82, 2.24) is 14.6 Å². The van der Waals surface area contributed by atoms with E-state index in [9.17, 15) is 23.1 Å². The summed E-state index contributed by atoms with van der Waals surface area (Å²) in [6, 6.07) is 6.63. The second-order valence-corrected chi connectivity index (χ2v) is 6.64. The number of imidazole rings is 1. The number of anilines is 1. The number of aryl methyl sites for hydroxylation is 1. The number of halogens is 3. The Morgan fingerprint density at radius 2 is 1.90 bits per heavy atom. The fourth-order valence-corrected chi connectivity index (χ4v) is 3.48. The van der Waals surface area contributed by atoms with Crippen LogP contribution in [0.4, 0.5) is 18.9 Å². The van der Waals surface area contributed by atoms with Gasteiger partial charge in [0.15, 0.2) is 11.3 Å². The SMILES string of the molecule is Cc1nc2c(N3CCOCC3)cc(-c3ccccc3C(F)(F)F)nn2c1C(=O)O. The molecular formula is C19H17F3N4O3. The number of hydrogen-bond acceptors (Lipinski definition) is 5. The van der Waals surface area contributed by atoms with Crippen molar-refractivity contribution in [2.24, 2.45) is 0 Å². The van der Waals surface area contributed by atoms with Crippen LogP contribution in [0.25, 0.3) is 16.9 Å². The highest BCUT2D eigenvalue weighted by molar-refractivity contribution is 5.90. The summed E-state index contributed by atoms with van der Waals surface area (Å²) in [6.45, 7) is 3.45. The molecule has 1 aliphatic heterocycles. The molecule has 0 spiro atoms. The van der Waals surface area contributed by atoms with Crippen molar-refractivity contribution in [2.75, 3.05) is 31.2 Å². The molecule has 1 N–H and O–H groups in total. The summed E-state index contributed by atoms with van der Waals surface area (Å²) in [7, 11) is 0. The van der Waals surface area contributed by atoms with Crippen LogP contribution in [0.3, 0.4) is 0 Å². The van der Waals surface area contributed by atoms with E-state index in [0.717, 1.165) is 10.6 Å². The minimum Gasteiger partial charge on any atom is -0.476 e. The van der Waals surface area contributed by atoms with Gasteiger partial charge in [-0.1, -0.05) is 18.2 Å². The molecule has 3 heterocycles. The third kappa shape index (κ3) is 3.39. The number of carboxylic acid groups (broad SMARTS) is 1. The molecule has 4 rings (SSSR count). The molecule has 3 aromatic rings. The van der Waals surface area contributed by atoms with E-state index >= 15 is 0 Å². The normalized spacial score (nSPS) is 15.1. The summed E-state index contributed by atoms with van der Waals surface area (Å²) < 4.78 is 47.1. The zero-order chi connectivity index (χ0) is 20.8. The largest absolute Gasteiger partial charge is 0.476 e. The quantitative estimate of drug-likeness (QED) is 0.719. The Morgan fingerprint density at radius 1 is 1.21 bits per heavy atom. The second-order valence-electron chi connectivity index (χ2n) is 6.64. The monoisotopic (exact) mass is 406 g/mol. The van der Waals surface area contributed by atoms with Crippen molar-refractivity contribution in [3.63, 3.8) is 0 Å². The first-order chi connectivity index (χ1) is 13.8. The van der Waals surface area contributed by atoms with Crippen LogP contribution in [0.15, 0.2) is 30.3 Å². The van der Waals surface area contributed by atoms with Crippen molar-refractivity contribution in [3.8, 4) is 11.3 Å². The number of rotatable bonds is 3. The van der Waals surface area contributed by atoms with Crippen molar-refractivity contribution >= 4 is 17.3 Å². The summed E-state index contributed by atoms with van der Waals surface area (Å²) in [4.78, 5) is 18.0. The summed E-state index contributed by atoms with van der Waals surface area (Å²) in [6.07, 6.45) is -4.58. The molecule has 0 radical (unpaired) electrons. The number of ether oxygens (including phenoxy) is 1. The van der Waals surface area contributed by atoms with Crippen LogP contribution in [-0.4, -0.2) is 52.0 Å². The lowest BCUT2D eigenvalue weighted by atomic mass is 10.0. The van der Waals surface area contributed by atoms with Crippen LogP contribution in [0.2, 0.25) is 0 Å². The zero-order valence-corrected chi connectivity index (χ0v) is 15.4. The maximum atomic E-state index is 13.5. The van der Waals surface area contributed by atoms with Crippen molar-refractivity contribution < 1.29 is 27.8 Å². The average Bonchev–Trinajstić information content (AvgIpc) is 3.03. The van der Waals surface area contributed by atoms with Crippen LogP contribution in [0.5, 0.6) is 0 Å². The van der Waals surface area contributed by atoms with Gasteiger partial charge in [0, 0.05) is 18.7 Å². The van der Waals surface area contributed by atoms with Gasteiger partial charge < -0.3 is 14.7 Å². The van der Waals surface area contributed by atoms with Gasteiger partial charge in [0.05, 0.1) is 35.9 Å². The molecule has 0 unspecified atom stereocenters. The molecule has 1 aliphatic rings. The lowest BCUT2D eigenvalue weighted by molar-refractivity contribution is -0.137. The summed E-state index contributed by atoms with van der Waals surface area (Å²) in [5.41, 5.74) is -0.0815. The Hall–Kier alpha value is -3.14. The van der Waals surface area contributed by atoms with Gasteiger partial charge in [0.1, 0.15) is 0 Å². The average molecular weight is 406 g/mol. The Kier molecular flexibility index (Phi) is 4.65. The molecule has 7 nitrogen and oxygen atoms in total. The number of carbonyl (C=O) groups is 1. The topological polar surface area (TPSA) is 80.0 Å². The number of aromatic nitrogens is 3. The number of carboxylic acids is 1. The third-order valence-electron chi connectivity index (χ3n) is 4.80. The molecule has 0 saturated carbocycles. The van der Waals surface area contributed by atoms with Crippen molar-refractivity contribution in [1.29, 1.82) is 0 Å². The van der Waals surface area contributed by atoms with Gasteiger partial charge in [0.25, 0.3) is 0 Å². The molecule has 29 heavy (non-hydrogen) atoms. The van der Waals surface area contributed by atoms with Crippen LogP contribution in [0.1, 0.15) is 21.7 Å². The predicted molar refractivity (Wildman–Crippen MR) is 98.2 cm³/mol. The highest BCUT2D eigenvalue weighted by Gasteiger charge is 2.34. The minimum atomic E-state index is -4.58. The van der Waals surface area contributed by atoms with Crippen LogP contribution in [0, 0.1) is 6.92 Å². The maximum Gasteiger partial charge on any atom is 0.417 e. The zero-order valence-electron chi connectivity index (χ0n) is 15.4. The molecule has 0 amide bonds. The third-order valence-corrected chi connectivity index (χ3v) is 4.80. The van der Waals surface area contributed by atoms with E-state index in [2.05, 4.69) is 10.1 Å². The lowest BCUT2D eigenvalue weighted by Gasteiger charge is -2.29. The van der Waals surface area contributed by atoms with Gasteiger partial charge in [-0.15, -0.1) is 0 Å². The van der Waals surface area contributed by atoms with E-state index in [1.54, 1.807) is 0 Å². The molecule has 10 heteroatoms. The fourth-order valence-electron chi connectivity index (χ4n) is 3.48. The molecule has 0 atom stereocenters. The molecular weight excluding hydrogens is 389 g/mol. The van der Waals surface area contributed by atoms with Crippen LogP contribution >= 0.6 is 0 Å². The summed E-state index contributed by atoms with van der Waals surface area (Å²) in [5.74, 6) is -1.25. The first-order valence-corrected chi connectivity index (χ1v) is 8.90. The number of fused-ring (bicyclic) bond motifs is 1. The number of hydrogen-bond donors (Lipinski definition) is 1. The number of alkyl halides is 3. The molecule has 0 bridgehead atoms. The van der Waals surface area contributed by atoms with E-state index < -0.39 is 17.7 Å². The first-order valence-electron chi connectivity index (χ1n) is 8.90. The standard InChI is InChI=1S/C19H17F3N4O3/c1-11-16(18(27)28)26-17(23-11)15(25-6-8-29-9-7-25)10-14(24-26)12-4-2-3-5-13(12)19(20,21)22/h2-5,10H,6-9H2,1H3,(H,27,28). The Morgan fingerprint density at radius 3 is 2.55 bits per heavy atom. The number of benzene rings is 1. The van der Waals surface area contributed by atoms with E-state index in [4.69, 9.17) is 4.74 Å². The molecule has 2 aromatic heterocycles. The fraction of sp³-hybridized carbons (Fsp3) is 0.316. The maximum absolute atomic E-state index is 13.5. The highest BCUT2D eigenvalue weighted by Crippen LogP contribution is 2.38. The molecule has 152 valence electrons. The van der Waals surface area contributed by atoms with E-state index in [-0.39, 0.29) is 28.3 Å². The summed E-state index contributed by atoms with van der Waals surface area (Å²) >= 11 is 0. The lowest BCUT2D eigenvalue weighted by Crippen LogP contribution is -2.36. The number of morpholine rings is 1. The van der Waals surface area contributed by atoms with Gasteiger partial charge in [-0.3, -0.25) is 0 Å². The Bertz CT molecular complexity index is 1090. The Labute approximate surface area is 163 Å². The smallest absolute Gasteiger partial charge is 0.417 e. The summed E-state index contributed by atoms with van der Waals surface area (Å²) in [5, 5.41) is 13.8. The van der Waals surface area contributed by atoms with Crippen LogP contribution < -0.4 is 4.90 Å². The van der Waals surface area contributed by atoms with E-state index in [1.807, 2.05) is 4.90 Å². The number of aromatic carboxylic acids is 1. The van der Waals surface area contributed by atoms with Crippen molar-refractivity contribution in [3.05, 3.63) is 47.3 Å². The molecule has 1 fully saturated rings. The predicted octanol–water partition coefficient (Wildman–Crippen LogP) is 3.26. The van der Waals surface area contributed by atoms with Gasteiger partial charge in [-0.05, 0) is 19.1 Å². The Balaban J connectivity index is 2.01. The molecule has 1 aromatic carbocycles. The van der Waals surface area contributed by atoms with Gasteiger partial charge in [-0.2, -0.15) is 18.3 Å². The van der Waals surface area contributed by atoms with E-state index in [1.165, 1.54) is 31.2 Å². The van der Waals surface area contributed by atoms with Crippen molar-refractivity contribution in [2.45, 2.75) is 13.1 Å². The second kappa shape index (κ2) is 7.03. The minimum absolute atomic E-state index is 0.0202. The molecule has 1 saturated heterocycles. The number of nitrogens with zero attached hydrogens (tertiary/aromatic N) is 4. The van der Waals surface area contributed by atoms with Crippen LogP contribution in [-0.2, 0) is 10.9 Å². The molecule has 0 aliphatic carbocycles. The van der Waals surface area contributed by atoms with Gasteiger partial charge >= 0.3 is 12.1 Å². The van der Waals surface area contributed by atoms with Gasteiger partial charge in [0.2, 0.25) is 0 Å². The van der Waals surface area contributed by atoms with E-state index in [0.29, 0.717) is 32.0 Å². The highest BCUT2D eigenvalue weighted by atomic mass is 19.4. The first kappa shape index (κ1) is 19.2.